The van der Waals surface area contributed by atoms with E-state index in [1.54, 1.807) is 30.5 Å². The first-order chi connectivity index (χ1) is 8.28. The van der Waals surface area contributed by atoms with E-state index in [0.717, 1.165) is 11.1 Å². The van der Waals surface area contributed by atoms with Crippen molar-refractivity contribution in [2.75, 3.05) is 0 Å². The molecule has 0 saturated heterocycles. The SMILES string of the molecule is OCc1ccnc(C#Cc2ccc(F)cc2)c1. The molecule has 0 aliphatic carbocycles. The fourth-order valence-electron chi connectivity index (χ4n) is 1.31. The monoisotopic (exact) mass is 227 g/mol. The normalized spacial score (nSPS) is 9.53. The Balaban J connectivity index is 2.23. The molecule has 0 aliphatic heterocycles. The summed E-state index contributed by atoms with van der Waals surface area (Å²) in [5.41, 5.74) is 2.08. The molecule has 0 saturated carbocycles. The van der Waals surface area contributed by atoms with Gasteiger partial charge in [-0.2, -0.15) is 0 Å². The third-order valence-corrected chi connectivity index (χ3v) is 2.19. The minimum atomic E-state index is -0.282. The van der Waals surface area contributed by atoms with Crippen molar-refractivity contribution < 1.29 is 9.50 Å². The van der Waals surface area contributed by atoms with Crippen LogP contribution in [0.2, 0.25) is 0 Å². The quantitative estimate of drug-likeness (QED) is 0.757. The summed E-state index contributed by atoms with van der Waals surface area (Å²) >= 11 is 0. The van der Waals surface area contributed by atoms with E-state index in [1.165, 1.54) is 12.1 Å². The van der Waals surface area contributed by atoms with Gasteiger partial charge in [-0.15, -0.1) is 0 Å². The van der Waals surface area contributed by atoms with E-state index in [1.807, 2.05) is 0 Å². The van der Waals surface area contributed by atoms with Crippen LogP contribution in [0.1, 0.15) is 16.8 Å². The predicted molar refractivity (Wildman–Crippen MR) is 62.5 cm³/mol. The molecule has 1 aromatic carbocycles. The van der Waals surface area contributed by atoms with Crippen molar-refractivity contribution in [3.63, 3.8) is 0 Å². The fourth-order valence-corrected chi connectivity index (χ4v) is 1.31. The van der Waals surface area contributed by atoms with Crippen LogP contribution in [0.4, 0.5) is 4.39 Å². The van der Waals surface area contributed by atoms with Crippen molar-refractivity contribution in [3.8, 4) is 11.8 Å². The molecule has 0 fully saturated rings. The van der Waals surface area contributed by atoms with Crippen molar-refractivity contribution in [2.24, 2.45) is 0 Å². The number of aliphatic hydroxyl groups is 1. The molecule has 0 aliphatic rings. The zero-order valence-corrected chi connectivity index (χ0v) is 9.02. The molecule has 2 rings (SSSR count). The van der Waals surface area contributed by atoms with Crippen LogP contribution in [0.5, 0.6) is 0 Å². The van der Waals surface area contributed by atoms with E-state index in [4.69, 9.17) is 5.11 Å². The highest BCUT2D eigenvalue weighted by Gasteiger charge is 1.93. The van der Waals surface area contributed by atoms with Crippen LogP contribution in [-0.2, 0) is 6.61 Å². The number of pyridine rings is 1. The van der Waals surface area contributed by atoms with Crippen LogP contribution in [0, 0.1) is 17.7 Å². The molecule has 0 unspecified atom stereocenters. The Hall–Kier alpha value is -2.18. The highest BCUT2D eigenvalue weighted by atomic mass is 19.1. The average Bonchev–Trinajstić information content (AvgIpc) is 2.38. The summed E-state index contributed by atoms with van der Waals surface area (Å²) in [6.07, 6.45) is 1.60. The smallest absolute Gasteiger partial charge is 0.123 e. The Morgan fingerprint density at radius 1 is 1.12 bits per heavy atom. The Labute approximate surface area is 98.8 Å². The first-order valence-electron chi connectivity index (χ1n) is 5.11. The summed E-state index contributed by atoms with van der Waals surface area (Å²) in [6, 6.07) is 9.39. The lowest BCUT2D eigenvalue weighted by Gasteiger charge is -1.94. The highest BCUT2D eigenvalue weighted by Crippen LogP contribution is 2.03. The molecule has 2 aromatic rings. The van der Waals surface area contributed by atoms with Gasteiger partial charge in [-0.25, -0.2) is 9.37 Å². The molecule has 1 heterocycles. The lowest BCUT2D eigenvalue weighted by atomic mass is 10.2. The maximum Gasteiger partial charge on any atom is 0.123 e. The average molecular weight is 227 g/mol. The van der Waals surface area contributed by atoms with Crippen LogP contribution in [0.3, 0.4) is 0 Å². The van der Waals surface area contributed by atoms with E-state index in [0.29, 0.717) is 5.69 Å². The molecule has 2 nitrogen and oxygen atoms in total. The molecule has 0 atom stereocenters. The molecular weight excluding hydrogens is 217 g/mol. The number of halogens is 1. The molecule has 17 heavy (non-hydrogen) atoms. The summed E-state index contributed by atoms with van der Waals surface area (Å²) in [4.78, 5) is 4.06. The van der Waals surface area contributed by atoms with Crippen molar-refractivity contribution >= 4 is 0 Å². The number of rotatable bonds is 1. The first kappa shape index (κ1) is 11.3. The number of benzene rings is 1. The Morgan fingerprint density at radius 2 is 1.88 bits per heavy atom. The van der Waals surface area contributed by atoms with Gasteiger partial charge in [0.2, 0.25) is 0 Å². The lowest BCUT2D eigenvalue weighted by molar-refractivity contribution is 0.281. The number of aromatic nitrogens is 1. The van der Waals surface area contributed by atoms with Gasteiger partial charge >= 0.3 is 0 Å². The zero-order valence-electron chi connectivity index (χ0n) is 9.02. The Morgan fingerprint density at radius 3 is 2.59 bits per heavy atom. The lowest BCUT2D eigenvalue weighted by Crippen LogP contribution is -1.87. The first-order valence-corrected chi connectivity index (χ1v) is 5.11. The van der Waals surface area contributed by atoms with Gasteiger partial charge in [0, 0.05) is 11.8 Å². The van der Waals surface area contributed by atoms with Gasteiger partial charge in [-0.05, 0) is 47.9 Å². The van der Waals surface area contributed by atoms with Crippen molar-refractivity contribution in [1.82, 2.24) is 4.98 Å². The molecule has 1 N–H and O–H groups in total. The van der Waals surface area contributed by atoms with E-state index in [2.05, 4.69) is 16.8 Å². The van der Waals surface area contributed by atoms with E-state index >= 15 is 0 Å². The largest absolute Gasteiger partial charge is 0.392 e. The molecule has 3 heteroatoms. The maximum atomic E-state index is 12.7. The van der Waals surface area contributed by atoms with E-state index in [-0.39, 0.29) is 12.4 Å². The summed E-state index contributed by atoms with van der Waals surface area (Å²) < 4.78 is 12.7. The molecule has 0 bridgehead atoms. The summed E-state index contributed by atoms with van der Waals surface area (Å²) in [6.45, 7) is -0.0340. The third-order valence-electron chi connectivity index (χ3n) is 2.19. The minimum absolute atomic E-state index is 0.0340. The Kier molecular flexibility index (Phi) is 3.49. The van der Waals surface area contributed by atoms with E-state index < -0.39 is 0 Å². The van der Waals surface area contributed by atoms with Crippen LogP contribution in [-0.4, -0.2) is 10.1 Å². The van der Waals surface area contributed by atoms with Crippen LogP contribution in [0.25, 0.3) is 0 Å². The molecule has 1 aromatic heterocycles. The Bertz CT molecular complexity index is 567. The van der Waals surface area contributed by atoms with Gasteiger partial charge in [0.1, 0.15) is 11.5 Å². The summed E-state index contributed by atoms with van der Waals surface area (Å²) in [7, 11) is 0. The predicted octanol–water partition coefficient (Wildman–Crippen LogP) is 2.11. The fraction of sp³-hybridized carbons (Fsp3) is 0.0714. The number of aliphatic hydroxyl groups excluding tert-OH is 1. The van der Waals surface area contributed by atoms with Crippen molar-refractivity contribution in [1.29, 1.82) is 0 Å². The molecule has 0 amide bonds. The molecule has 0 radical (unpaired) electrons. The number of hydrogen-bond acceptors (Lipinski definition) is 2. The van der Waals surface area contributed by atoms with Gasteiger partial charge in [0.25, 0.3) is 0 Å². The molecular formula is C14H10FNO. The molecule has 84 valence electrons. The van der Waals surface area contributed by atoms with Crippen LogP contribution < -0.4 is 0 Å². The zero-order chi connectivity index (χ0) is 12.1. The third kappa shape index (κ3) is 3.13. The van der Waals surface area contributed by atoms with Gasteiger partial charge < -0.3 is 5.11 Å². The maximum absolute atomic E-state index is 12.7. The highest BCUT2D eigenvalue weighted by molar-refractivity contribution is 5.40. The van der Waals surface area contributed by atoms with Crippen molar-refractivity contribution in [3.05, 3.63) is 65.2 Å². The summed E-state index contributed by atoms with van der Waals surface area (Å²) in [5.74, 6) is 5.46. The van der Waals surface area contributed by atoms with Gasteiger partial charge in [0.05, 0.1) is 6.61 Å². The second-order valence-corrected chi connectivity index (χ2v) is 3.46. The van der Waals surface area contributed by atoms with Gasteiger partial charge in [-0.1, -0.05) is 5.92 Å². The summed E-state index contributed by atoms with van der Waals surface area (Å²) in [5, 5.41) is 8.96. The number of hydrogen-bond donors (Lipinski definition) is 1. The van der Waals surface area contributed by atoms with Gasteiger partial charge in [-0.3, -0.25) is 0 Å². The van der Waals surface area contributed by atoms with E-state index in [9.17, 15) is 4.39 Å². The molecule has 0 spiro atoms. The number of nitrogens with zero attached hydrogens (tertiary/aromatic N) is 1. The van der Waals surface area contributed by atoms with Crippen LogP contribution in [0.15, 0.2) is 42.6 Å². The second kappa shape index (κ2) is 5.24. The second-order valence-electron chi connectivity index (χ2n) is 3.46. The minimum Gasteiger partial charge on any atom is -0.392 e. The standard InChI is InChI=1S/C14H10FNO/c15-13-4-1-11(2-5-13)3-6-14-9-12(10-17)7-8-16-14/h1-2,4-5,7-9,17H,10H2. The van der Waals surface area contributed by atoms with Gasteiger partial charge in [0.15, 0.2) is 0 Å². The van der Waals surface area contributed by atoms with Crippen molar-refractivity contribution in [2.45, 2.75) is 6.61 Å². The topological polar surface area (TPSA) is 33.1 Å². The van der Waals surface area contributed by atoms with Crippen LogP contribution >= 0.6 is 0 Å².